The number of nitrogens with one attached hydrogen (secondary N) is 1. The van der Waals surface area contributed by atoms with E-state index in [-0.39, 0.29) is 27.8 Å². The van der Waals surface area contributed by atoms with Crippen LogP contribution in [0.25, 0.3) is 0 Å². The van der Waals surface area contributed by atoms with Crippen molar-refractivity contribution in [1.29, 1.82) is 0 Å². The van der Waals surface area contributed by atoms with Crippen LogP contribution in [0.4, 0.5) is 10.1 Å². The molecular formula is C20H23ClFN3O3S. The quantitative estimate of drug-likeness (QED) is 0.745. The first-order valence-corrected chi connectivity index (χ1v) is 11.2. The number of hydrogen-bond acceptors (Lipinski definition) is 4. The van der Waals surface area contributed by atoms with Crippen LogP contribution in [-0.2, 0) is 14.8 Å². The summed E-state index contributed by atoms with van der Waals surface area (Å²) in [5.41, 5.74) is 1.47. The van der Waals surface area contributed by atoms with Gasteiger partial charge in [0.05, 0.1) is 9.92 Å². The van der Waals surface area contributed by atoms with E-state index < -0.39 is 15.8 Å². The molecule has 0 saturated carbocycles. The van der Waals surface area contributed by atoms with E-state index in [1.165, 1.54) is 30.3 Å². The van der Waals surface area contributed by atoms with Crippen LogP contribution in [-0.4, -0.2) is 32.3 Å². The predicted molar refractivity (Wildman–Crippen MR) is 111 cm³/mol. The van der Waals surface area contributed by atoms with Crippen molar-refractivity contribution >= 4 is 33.2 Å². The van der Waals surface area contributed by atoms with Gasteiger partial charge in [-0.05, 0) is 74.8 Å². The summed E-state index contributed by atoms with van der Waals surface area (Å²) >= 11 is 5.89. The van der Waals surface area contributed by atoms with Crippen molar-refractivity contribution < 1.29 is 17.6 Å². The number of piperidine rings is 1. The van der Waals surface area contributed by atoms with E-state index in [2.05, 4.69) is 10.2 Å². The molecule has 3 N–H and O–H groups in total. The lowest BCUT2D eigenvalue weighted by Crippen LogP contribution is -2.39. The molecule has 0 spiro atoms. The van der Waals surface area contributed by atoms with Crippen LogP contribution in [0.15, 0.2) is 47.4 Å². The normalized spacial score (nSPS) is 17.1. The number of anilines is 1. The molecule has 6 nitrogen and oxygen atoms in total. The third kappa shape index (κ3) is 5.33. The van der Waals surface area contributed by atoms with Crippen molar-refractivity contribution in [2.75, 3.05) is 18.4 Å². The van der Waals surface area contributed by atoms with E-state index >= 15 is 0 Å². The maximum Gasteiger partial charge on any atom is 0.238 e. The lowest BCUT2D eigenvalue weighted by Gasteiger charge is -2.35. The van der Waals surface area contributed by atoms with Gasteiger partial charge in [0.15, 0.2) is 0 Å². The summed E-state index contributed by atoms with van der Waals surface area (Å²) < 4.78 is 36.0. The Morgan fingerprint density at radius 3 is 2.38 bits per heavy atom. The molecule has 1 heterocycles. The average molecular weight is 440 g/mol. The van der Waals surface area contributed by atoms with Gasteiger partial charge in [-0.25, -0.2) is 17.9 Å². The van der Waals surface area contributed by atoms with Crippen LogP contribution >= 0.6 is 11.6 Å². The largest absolute Gasteiger partial charge is 0.326 e. The highest BCUT2D eigenvalue weighted by Gasteiger charge is 2.28. The van der Waals surface area contributed by atoms with E-state index in [0.717, 1.165) is 18.7 Å². The number of amides is 1. The van der Waals surface area contributed by atoms with Gasteiger partial charge in [0, 0.05) is 17.6 Å². The second-order valence-electron chi connectivity index (χ2n) is 7.22. The molecule has 1 atom stereocenters. The van der Waals surface area contributed by atoms with Crippen LogP contribution in [0.2, 0.25) is 5.02 Å². The van der Waals surface area contributed by atoms with Crippen molar-refractivity contribution in [2.24, 2.45) is 11.1 Å². The monoisotopic (exact) mass is 439 g/mol. The molecule has 1 unspecified atom stereocenters. The predicted octanol–water partition coefficient (Wildman–Crippen LogP) is 3.54. The van der Waals surface area contributed by atoms with Gasteiger partial charge in [0.25, 0.3) is 0 Å². The summed E-state index contributed by atoms with van der Waals surface area (Å²) in [5, 5.41) is 8.01. The second kappa shape index (κ2) is 8.79. The Hall–Kier alpha value is -2.00. The molecule has 1 aliphatic rings. The minimum Gasteiger partial charge on any atom is -0.326 e. The Morgan fingerprint density at radius 1 is 1.21 bits per heavy atom. The summed E-state index contributed by atoms with van der Waals surface area (Å²) in [6.07, 6.45) is 1.39. The van der Waals surface area contributed by atoms with Gasteiger partial charge in [-0.1, -0.05) is 17.7 Å². The molecule has 156 valence electrons. The first-order valence-electron chi connectivity index (χ1n) is 9.28. The smallest absolute Gasteiger partial charge is 0.238 e. The van der Waals surface area contributed by atoms with Crippen molar-refractivity contribution in [3.05, 3.63) is 58.9 Å². The fourth-order valence-electron chi connectivity index (χ4n) is 3.50. The van der Waals surface area contributed by atoms with Gasteiger partial charge in [0.1, 0.15) is 5.82 Å². The molecule has 1 aliphatic heterocycles. The molecular weight excluding hydrogens is 417 g/mol. The zero-order valence-corrected chi connectivity index (χ0v) is 17.5. The highest BCUT2D eigenvalue weighted by Crippen LogP contribution is 2.29. The molecule has 0 bridgehead atoms. The summed E-state index contributed by atoms with van der Waals surface area (Å²) in [6.45, 7) is 3.51. The topological polar surface area (TPSA) is 92.5 Å². The van der Waals surface area contributed by atoms with Crippen LogP contribution in [0.1, 0.15) is 31.4 Å². The molecule has 2 aromatic carbocycles. The SMILES string of the molecule is CC(c1ccc(F)c(Cl)c1)N1CCC(C(=O)Nc2ccc(S(N)(=O)=O)cc2)CC1. The van der Waals surface area contributed by atoms with Gasteiger partial charge in [0.2, 0.25) is 15.9 Å². The van der Waals surface area contributed by atoms with Gasteiger partial charge in [-0.3, -0.25) is 9.69 Å². The number of nitrogens with zero attached hydrogens (tertiary/aromatic N) is 1. The number of halogens is 2. The molecule has 1 amide bonds. The Morgan fingerprint density at radius 2 is 1.83 bits per heavy atom. The molecule has 9 heteroatoms. The number of benzene rings is 2. The van der Waals surface area contributed by atoms with Gasteiger partial charge in [-0.2, -0.15) is 0 Å². The molecule has 0 aromatic heterocycles. The van der Waals surface area contributed by atoms with Crippen LogP contribution in [0.3, 0.4) is 0 Å². The summed E-state index contributed by atoms with van der Waals surface area (Å²) in [7, 11) is -3.76. The minimum absolute atomic E-state index is 0.00121. The van der Waals surface area contributed by atoms with Crippen LogP contribution in [0.5, 0.6) is 0 Å². The fraction of sp³-hybridized carbons (Fsp3) is 0.350. The molecule has 3 rings (SSSR count). The molecule has 2 aromatic rings. The molecule has 0 aliphatic carbocycles. The van der Waals surface area contributed by atoms with E-state index in [1.54, 1.807) is 12.1 Å². The fourth-order valence-corrected chi connectivity index (χ4v) is 4.21. The first-order chi connectivity index (χ1) is 13.6. The number of rotatable bonds is 5. The number of primary sulfonamides is 1. The lowest BCUT2D eigenvalue weighted by atomic mass is 9.93. The van der Waals surface area contributed by atoms with E-state index in [0.29, 0.717) is 18.5 Å². The number of sulfonamides is 1. The molecule has 29 heavy (non-hydrogen) atoms. The van der Waals surface area contributed by atoms with Gasteiger partial charge < -0.3 is 5.32 Å². The molecule has 1 fully saturated rings. The zero-order valence-electron chi connectivity index (χ0n) is 15.9. The lowest BCUT2D eigenvalue weighted by molar-refractivity contribution is -0.121. The van der Waals surface area contributed by atoms with E-state index in [1.807, 2.05) is 6.92 Å². The Kier molecular flexibility index (Phi) is 6.58. The van der Waals surface area contributed by atoms with Crippen molar-refractivity contribution in [2.45, 2.75) is 30.7 Å². The highest BCUT2D eigenvalue weighted by molar-refractivity contribution is 7.89. The summed E-state index contributed by atoms with van der Waals surface area (Å²) in [6, 6.07) is 10.6. The zero-order chi connectivity index (χ0) is 21.2. The van der Waals surface area contributed by atoms with Gasteiger partial charge >= 0.3 is 0 Å². The van der Waals surface area contributed by atoms with Crippen LogP contribution in [0, 0.1) is 11.7 Å². The average Bonchev–Trinajstić information content (AvgIpc) is 2.69. The molecule has 1 saturated heterocycles. The maximum atomic E-state index is 13.4. The van der Waals surface area contributed by atoms with Crippen LogP contribution < -0.4 is 10.5 Å². The second-order valence-corrected chi connectivity index (χ2v) is 9.19. The Balaban J connectivity index is 1.55. The number of hydrogen-bond donors (Lipinski definition) is 2. The molecule has 0 radical (unpaired) electrons. The Labute approximate surface area is 174 Å². The van der Waals surface area contributed by atoms with E-state index in [9.17, 15) is 17.6 Å². The highest BCUT2D eigenvalue weighted by atomic mass is 35.5. The van der Waals surface area contributed by atoms with Crippen molar-refractivity contribution in [3.63, 3.8) is 0 Å². The van der Waals surface area contributed by atoms with Gasteiger partial charge in [-0.15, -0.1) is 0 Å². The number of carbonyl (C=O) groups excluding carboxylic acids is 1. The minimum atomic E-state index is -3.76. The third-order valence-electron chi connectivity index (χ3n) is 5.32. The number of nitrogens with two attached hydrogens (primary N) is 1. The van der Waals surface area contributed by atoms with E-state index in [4.69, 9.17) is 16.7 Å². The first kappa shape index (κ1) is 21.7. The third-order valence-corrected chi connectivity index (χ3v) is 6.54. The Bertz CT molecular complexity index is 991. The standard InChI is InChI=1S/C20H23ClFN3O3S/c1-13(15-2-7-19(22)18(21)12-15)25-10-8-14(9-11-25)20(26)24-16-3-5-17(6-4-16)29(23,27)28/h2-7,12-14H,8-11H2,1H3,(H,24,26)(H2,23,27,28). The maximum absolute atomic E-state index is 13.4. The number of carbonyl (C=O) groups is 1. The summed E-state index contributed by atoms with van der Waals surface area (Å²) in [5.74, 6) is -0.659. The number of likely N-dealkylation sites (tertiary alicyclic amines) is 1. The summed E-state index contributed by atoms with van der Waals surface area (Å²) in [4.78, 5) is 14.8. The van der Waals surface area contributed by atoms with Crippen molar-refractivity contribution in [3.8, 4) is 0 Å². The van der Waals surface area contributed by atoms with Crippen molar-refractivity contribution in [1.82, 2.24) is 4.90 Å².